The van der Waals surface area contributed by atoms with Crippen LogP contribution in [-0.4, -0.2) is 36.3 Å². The van der Waals surface area contributed by atoms with Gasteiger partial charge in [0, 0.05) is 6.92 Å². The van der Waals surface area contributed by atoms with Crippen molar-refractivity contribution in [2.24, 2.45) is 0 Å². The third-order valence-corrected chi connectivity index (χ3v) is 0.663. The smallest absolute Gasteiger partial charge is 0.371 e. The highest BCUT2D eigenvalue weighted by Gasteiger charge is 2.21. The van der Waals surface area contributed by atoms with Gasteiger partial charge in [-0.15, -0.1) is 0 Å². The third-order valence-electron chi connectivity index (χ3n) is 0.663. The minimum atomic E-state index is -3.26. The average molecular weight is 238 g/mol. The van der Waals surface area contributed by atoms with E-state index >= 15 is 0 Å². The van der Waals surface area contributed by atoms with Crippen LogP contribution in [0.1, 0.15) is 6.92 Å². The first kappa shape index (κ1) is 16.0. The standard InChI is InChI=1S/C4H5F3O2.C2H2F2O2/c1-2(8)9-4(7)3(5)6;3-1(4)2(5)6/h3-4H,1H3;1H,(H,5,6). The number of halogens is 5. The minimum Gasteiger partial charge on any atom is -0.477 e. The van der Waals surface area contributed by atoms with Crippen molar-refractivity contribution in [2.45, 2.75) is 26.1 Å². The normalized spacial score (nSPS) is 11.7. The van der Waals surface area contributed by atoms with Gasteiger partial charge < -0.3 is 9.84 Å². The molecule has 0 aromatic heterocycles. The first-order valence-electron chi connectivity index (χ1n) is 3.28. The van der Waals surface area contributed by atoms with Crippen LogP contribution < -0.4 is 0 Å². The number of carbonyl (C=O) groups excluding carboxylic acids is 1. The van der Waals surface area contributed by atoms with Gasteiger partial charge >= 0.3 is 31.1 Å². The van der Waals surface area contributed by atoms with E-state index in [4.69, 9.17) is 9.90 Å². The highest BCUT2D eigenvalue weighted by atomic mass is 19.3. The Morgan fingerprint density at radius 2 is 1.47 bits per heavy atom. The van der Waals surface area contributed by atoms with E-state index in [-0.39, 0.29) is 0 Å². The summed E-state index contributed by atoms with van der Waals surface area (Å²) in [5.41, 5.74) is 0. The fourth-order valence-electron chi connectivity index (χ4n) is 0.210. The molecule has 0 aromatic rings. The fourth-order valence-corrected chi connectivity index (χ4v) is 0.210. The number of aliphatic carboxylic acids is 1. The van der Waals surface area contributed by atoms with Crippen molar-refractivity contribution in [3.8, 4) is 0 Å². The van der Waals surface area contributed by atoms with E-state index < -0.39 is 31.1 Å². The van der Waals surface area contributed by atoms with Crippen molar-refractivity contribution >= 4 is 11.9 Å². The maximum Gasteiger partial charge on any atom is 0.371 e. The Morgan fingerprint density at radius 3 is 1.53 bits per heavy atom. The predicted molar refractivity (Wildman–Crippen MR) is 36.3 cm³/mol. The molecule has 0 rings (SSSR count). The van der Waals surface area contributed by atoms with Gasteiger partial charge in [-0.25, -0.2) is 13.6 Å². The molecule has 0 bridgehead atoms. The molecule has 1 N–H and O–H groups in total. The molecule has 0 aliphatic rings. The molecule has 0 aliphatic heterocycles. The first-order chi connectivity index (χ1) is 6.68. The van der Waals surface area contributed by atoms with E-state index in [9.17, 15) is 26.7 Å². The van der Waals surface area contributed by atoms with Gasteiger partial charge in [-0.1, -0.05) is 0 Å². The van der Waals surface area contributed by atoms with Crippen LogP contribution in [0.25, 0.3) is 0 Å². The Kier molecular flexibility index (Phi) is 8.49. The van der Waals surface area contributed by atoms with Crippen molar-refractivity contribution in [1.29, 1.82) is 0 Å². The van der Waals surface area contributed by atoms with Crippen LogP contribution in [-0.2, 0) is 14.3 Å². The van der Waals surface area contributed by atoms with Gasteiger partial charge in [0.25, 0.3) is 0 Å². The monoisotopic (exact) mass is 238 g/mol. The molecule has 0 radical (unpaired) electrons. The zero-order chi connectivity index (χ0) is 12.6. The fraction of sp³-hybridized carbons (Fsp3) is 0.667. The molecular weight excluding hydrogens is 231 g/mol. The number of rotatable bonds is 3. The molecule has 15 heavy (non-hydrogen) atoms. The topological polar surface area (TPSA) is 63.6 Å². The Balaban J connectivity index is 0. The molecule has 0 aliphatic carbocycles. The van der Waals surface area contributed by atoms with Crippen LogP contribution in [0.4, 0.5) is 22.0 Å². The zero-order valence-electron chi connectivity index (χ0n) is 7.29. The van der Waals surface area contributed by atoms with Crippen molar-refractivity contribution in [2.75, 3.05) is 0 Å². The van der Waals surface area contributed by atoms with E-state index in [1.807, 2.05) is 0 Å². The minimum absolute atomic E-state index is 0.856. The van der Waals surface area contributed by atoms with Gasteiger partial charge in [0.15, 0.2) is 0 Å². The third kappa shape index (κ3) is 12.6. The Labute approximate surface area is 80.6 Å². The maximum atomic E-state index is 11.6. The molecule has 4 nitrogen and oxygen atoms in total. The second-order valence-corrected chi connectivity index (χ2v) is 1.93. The molecule has 0 fully saturated rings. The van der Waals surface area contributed by atoms with Crippen LogP contribution in [0.15, 0.2) is 0 Å². The molecular formula is C6H7F5O4. The summed E-state index contributed by atoms with van der Waals surface area (Å²) in [5.74, 6) is -3.13. The highest BCUT2D eigenvalue weighted by Crippen LogP contribution is 2.06. The van der Waals surface area contributed by atoms with E-state index in [1.165, 1.54) is 0 Å². The summed E-state index contributed by atoms with van der Waals surface area (Å²) in [6.45, 7) is 0.856. The quantitative estimate of drug-likeness (QED) is 0.597. The second-order valence-electron chi connectivity index (χ2n) is 1.93. The van der Waals surface area contributed by atoms with E-state index in [2.05, 4.69) is 4.74 Å². The van der Waals surface area contributed by atoms with Gasteiger partial charge in [0.05, 0.1) is 0 Å². The number of carboxylic acid groups (broad SMARTS) is 1. The Hall–Kier alpha value is -1.41. The van der Waals surface area contributed by atoms with Crippen LogP contribution in [0.3, 0.4) is 0 Å². The lowest BCUT2D eigenvalue weighted by molar-refractivity contribution is -0.171. The van der Waals surface area contributed by atoms with Crippen molar-refractivity contribution in [3.63, 3.8) is 0 Å². The lowest BCUT2D eigenvalue weighted by Gasteiger charge is -2.04. The van der Waals surface area contributed by atoms with Crippen LogP contribution >= 0.6 is 0 Å². The summed E-state index contributed by atoms with van der Waals surface area (Å²) >= 11 is 0. The van der Waals surface area contributed by atoms with Crippen LogP contribution in [0.5, 0.6) is 0 Å². The number of hydrogen-bond donors (Lipinski definition) is 1. The summed E-state index contributed by atoms with van der Waals surface area (Å²) in [6.07, 6.45) is -9.28. The van der Waals surface area contributed by atoms with Crippen LogP contribution in [0, 0.1) is 0 Å². The molecule has 1 atom stereocenters. The van der Waals surface area contributed by atoms with Gasteiger partial charge in [0.1, 0.15) is 0 Å². The highest BCUT2D eigenvalue weighted by molar-refractivity contribution is 5.70. The summed E-state index contributed by atoms with van der Waals surface area (Å²) in [4.78, 5) is 18.7. The summed E-state index contributed by atoms with van der Waals surface area (Å²) in [7, 11) is 0. The molecule has 1 unspecified atom stereocenters. The molecule has 0 spiro atoms. The molecule has 0 aromatic carbocycles. The lowest BCUT2D eigenvalue weighted by atomic mass is 10.7. The van der Waals surface area contributed by atoms with E-state index in [0.29, 0.717) is 0 Å². The molecule has 0 saturated carbocycles. The lowest BCUT2D eigenvalue weighted by Crippen LogP contribution is -2.18. The molecule has 0 saturated heterocycles. The molecule has 0 heterocycles. The number of alkyl halides is 5. The summed E-state index contributed by atoms with van der Waals surface area (Å²) in [5, 5.41) is 7.24. The maximum absolute atomic E-state index is 11.6. The predicted octanol–water partition coefficient (Wildman–Crippen LogP) is 1.45. The summed E-state index contributed by atoms with van der Waals surface area (Å²) in [6, 6.07) is 0. The van der Waals surface area contributed by atoms with Gasteiger partial charge in [-0.2, -0.15) is 13.2 Å². The Bertz CT molecular complexity index is 208. The van der Waals surface area contributed by atoms with E-state index in [1.54, 1.807) is 0 Å². The number of carbonyl (C=O) groups is 2. The average Bonchev–Trinajstić information content (AvgIpc) is 2.03. The number of esters is 1. The first-order valence-corrected chi connectivity index (χ1v) is 3.28. The molecule has 9 heteroatoms. The Morgan fingerprint density at radius 1 is 1.13 bits per heavy atom. The zero-order valence-corrected chi connectivity index (χ0v) is 7.29. The summed E-state index contributed by atoms with van der Waals surface area (Å²) < 4.78 is 58.4. The van der Waals surface area contributed by atoms with Crippen LogP contribution in [0.2, 0.25) is 0 Å². The van der Waals surface area contributed by atoms with Gasteiger partial charge in [-0.05, 0) is 0 Å². The van der Waals surface area contributed by atoms with Crippen molar-refractivity contribution < 1.29 is 41.4 Å². The number of hydrogen-bond acceptors (Lipinski definition) is 3. The SMILES string of the molecule is CC(=O)OC(F)C(F)F.O=C(O)C(F)F. The largest absolute Gasteiger partial charge is 0.477 e. The van der Waals surface area contributed by atoms with E-state index in [0.717, 1.165) is 6.92 Å². The molecule has 0 amide bonds. The van der Waals surface area contributed by atoms with Crippen molar-refractivity contribution in [1.82, 2.24) is 0 Å². The van der Waals surface area contributed by atoms with Crippen molar-refractivity contribution in [3.05, 3.63) is 0 Å². The number of ether oxygens (including phenoxy) is 1. The van der Waals surface area contributed by atoms with Gasteiger partial charge in [-0.3, -0.25) is 4.79 Å². The van der Waals surface area contributed by atoms with Gasteiger partial charge in [0.2, 0.25) is 0 Å². The second kappa shape index (κ2) is 7.94. The molecule has 90 valence electrons. The number of carboxylic acids is 1.